The molecule has 2 amide bonds. The number of fused-ring (bicyclic) bond motifs is 5. The molecule has 0 bridgehead atoms. The van der Waals surface area contributed by atoms with Crippen molar-refractivity contribution in [3.8, 4) is 5.75 Å². The lowest BCUT2D eigenvalue weighted by molar-refractivity contribution is -0.206. The number of hydrogen-bond donors (Lipinski definition) is 2. The second kappa shape index (κ2) is 40.0. The van der Waals surface area contributed by atoms with Crippen LogP contribution in [0.5, 0.6) is 5.75 Å². The Kier molecular flexibility index (Phi) is 33.5. The molecule has 6 atom stereocenters. The Bertz CT molecular complexity index is 2660. The lowest BCUT2D eigenvalue weighted by Gasteiger charge is -2.49. The van der Waals surface area contributed by atoms with Crippen LogP contribution in [0.15, 0.2) is 23.3 Å². The van der Waals surface area contributed by atoms with Gasteiger partial charge in [-0.05, 0) is 104 Å². The molecule has 3 aliphatic rings. The molecule has 0 spiro atoms. The third-order valence-corrected chi connectivity index (χ3v) is 21.4. The van der Waals surface area contributed by atoms with Gasteiger partial charge in [0, 0.05) is 54.7 Å². The molecule has 3 N–H and O–H groups in total. The average molecular weight is 1300 g/mol. The van der Waals surface area contributed by atoms with Gasteiger partial charge in [-0.3, -0.25) is 24.2 Å². The van der Waals surface area contributed by atoms with Crippen LogP contribution in [-0.4, -0.2) is 211 Å². The van der Waals surface area contributed by atoms with Crippen LogP contribution in [0, 0.1) is 23.7 Å². The maximum atomic E-state index is 14.6. The second-order valence-electron chi connectivity index (χ2n) is 24.9. The van der Waals surface area contributed by atoms with Crippen LogP contribution < -0.4 is 15.5 Å². The van der Waals surface area contributed by atoms with Gasteiger partial charge in [0.1, 0.15) is 32.2 Å². The Morgan fingerprint density at radius 2 is 1.41 bits per heavy atom. The van der Waals surface area contributed by atoms with Gasteiger partial charge in [0.15, 0.2) is 11.6 Å². The van der Waals surface area contributed by atoms with Gasteiger partial charge in [-0.2, -0.15) is 0 Å². The number of cyclic esters (lactones) is 1. The van der Waals surface area contributed by atoms with Crippen LogP contribution in [0.2, 0.25) is 18.1 Å². The second-order valence-corrected chi connectivity index (χ2v) is 29.6. The minimum atomic E-state index is -2.14. The Balaban J connectivity index is 0.968. The molecule has 4 heterocycles. The highest BCUT2D eigenvalue weighted by Gasteiger charge is 2.62. The van der Waals surface area contributed by atoms with Gasteiger partial charge in [0.25, 0.3) is 0 Å². The molecule has 0 aliphatic carbocycles. The number of aromatic nitrogens is 1. The standard InChI is InChI=1S/C64H103N7O19Si/c1-10-50-51-38-49(90-91(8,9)63(5,6)7)17-18-55(51)68-58-52(50)40-71-57(58)39-54-53(60(71)75)43-87-61(76)64(54,11-2)89-62(77)88-44-56(45(3)4)69-59(74)46(15-12-13-19-65)37-48(73)42-86-41-47(72)16-14-21-78-23-25-80-27-29-82-31-33-84-35-36-85-34-32-83-30-28-81-26-24-79-22-20-67-70-66/h17-18,38,45-46,53-54,56-57H,10-16,19-37,39-44,65H2,1-9H3,(H,69,74). The number of azide groups is 1. The normalized spacial score (nSPS) is 18.7. The molecule has 0 saturated carbocycles. The zero-order valence-corrected chi connectivity index (χ0v) is 56.4. The van der Waals surface area contributed by atoms with Gasteiger partial charge in [0.2, 0.25) is 25.7 Å². The van der Waals surface area contributed by atoms with Crippen LogP contribution in [0.25, 0.3) is 21.3 Å². The first kappa shape index (κ1) is 76.3. The van der Waals surface area contributed by atoms with E-state index in [1.165, 1.54) is 0 Å². The third kappa shape index (κ3) is 24.1. The summed E-state index contributed by atoms with van der Waals surface area (Å²) in [6, 6.07) is 4.82. The van der Waals surface area contributed by atoms with Crippen molar-refractivity contribution in [1.29, 1.82) is 0 Å². The summed E-state index contributed by atoms with van der Waals surface area (Å²) in [7, 11) is -2.14. The van der Waals surface area contributed by atoms with E-state index in [2.05, 4.69) is 62.2 Å². The first-order valence-corrected chi connectivity index (χ1v) is 35.3. The van der Waals surface area contributed by atoms with Crippen LogP contribution in [0.1, 0.15) is 123 Å². The van der Waals surface area contributed by atoms with Crippen molar-refractivity contribution in [2.45, 2.75) is 149 Å². The van der Waals surface area contributed by atoms with Crippen molar-refractivity contribution in [2.24, 2.45) is 34.5 Å². The Labute approximate surface area is 537 Å². The molecule has 27 heteroatoms. The van der Waals surface area contributed by atoms with E-state index in [0.29, 0.717) is 164 Å². The monoisotopic (exact) mass is 1300 g/mol. The van der Waals surface area contributed by atoms with Gasteiger partial charge >= 0.3 is 12.1 Å². The van der Waals surface area contributed by atoms with E-state index in [9.17, 15) is 28.8 Å². The van der Waals surface area contributed by atoms with Crippen molar-refractivity contribution >= 4 is 54.7 Å². The van der Waals surface area contributed by atoms with Crippen molar-refractivity contribution in [2.75, 3.05) is 145 Å². The maximum absolute atomic E-state index is 14.6. The highest BCUT2D eigenvalue weighted by molar-refractivity contribution is 6.74. The number of aryl methyl sites for hydroxylation is 1. The molecule has 26 nitrogen and oxygen atoms in total. The van der Waals surface area contributed by atoms with Crippen molar-refractivity contribution < 1.29 is 90.0 Å². The fourth-order valence-electron chi connectivity index (χ4n) is 10.9. The quantitative estimate of drug-likeness (QED) is 0.0160. The number of esters is 1. The number of ketones is 2. The molecule has 2 saturated heterocycles. The highest BCUT2D eigenvalue weighted by Crippen LogP contribution is 2.52. The lowest BCUT2D eigenvalue weighted by atomic mass is 9.68. The summed E-state index contributed by atoms with van der Waals surface area (Å²) in [6.45, 7) is 25.1. The van der Waals surface area contributed by atoms with E-state index < -0.39 is 61.8 Å². The molecular weight excluding hydrogens is 1200 g/mol. The largest absolute Gasteiger partial charge is 0.543 e. The fraction of sp³-hybridized carbons (Fsp3) is 0.766. The molecular formula is C64H103N7O19Si. The van der Waals surface area contributed by atoms with E-state index >= 15 is 0 Å². The molecule has 512 valence electrons. The molecule has 1 aromatic carbocycles. The molecule has 91 heavy (non-hydrogen) atoms. The zero-order valence-electron chi connectivity index (χ0n) is 55.4. The number of hydrogen-bond acceptors (Lipinski definition) is 22. The first-order chi connectivity index (χ1) is 43.7. The number of nitrogens with two attached hydrogens (primary N) is 1. The summed E-state index contributed by atoms with van der Waals surface area (Å²) in [5.74, 6) is -3.64. The predicted octanol–water partition coefficient (Wildman–Crippen LogP) is 7.71. The highest BCUT2D eigenvalue weighted by atomic mass is 28.4. The first-order valence-electron chi connectivity index (χ1n) is 32.4. The molecule has 2 aromatic rings. The topological polar surface area (TPSA) is 325 Å². The van der Waals surface area contributed by atoms with Crippen LogP contribution in [0.4, 0.5) is 4.79 Å². The SMILES string of the molecule is CCc1c2c(nc3ccc(O[Si](C)(C)C(C)(C)C)cc13)C1CC3C(COC(=O)C3(CC)OC(=O)OCC(NC(=O)C(CCCCN)CC(=O)COCC(=O)CCCOCCOCCOCCOCCOCCOCCOCCOCCN=[N+]=[N-])C(C)C)C(=O)N1C2. The van der Waals surface area contributed by atoms with Gasteiger partial charge in [-0.25, -0.2) is 9.59 Å². The van der Waals surface area contributed by atoms with E-state index in [4.69, 9.17) is 77.5 Å². The summed E-state index contributed by atoms with van der Waals surface area (Å²) in [5, 5.41) is 7.33. The molecule has 5 rings (SSSR count). The number of unbranched alkanes of at least 4 members (excludes halogenated alkanes) is 1. The van der Waals surface area contributed by atoms with Gasteiger partial charge < -0.3 is 77.2 Å². The summed E-state index contributed by atoms with van der Waals surface area (Å²) < 4.78 is 73.3. The van der Waals surface area contributed by atoms with Gasteiger partial charge in [-0.15, -0.1) is 0 Å². The number of benzene rings is 1. The lowest BCUT2D eigenvalue weighted by Crippen LogP contribution is -2.63. The Morgan fingerprint density at radius 1 is 0.824 bits per heavy atom. The number of piperidine rings is 1. The number of ether oxygens (including phenoxy) is 12. The summed E-state index contributed by atoms with van der Waals surface area (Å²) >= 11 is 0. The van der Waals surface area contributed by atoms with E-state index in [0.717, 1.165) is 33.5 Å². The number of Topliss-reactive ketones (excluding diaryl/α,β-unsaturated/α-hetero) is 2. The molecule has 6 unspecified atom stereocenters. The molecule has 1 aromatic heterocycles. The Hall–Kier alpha value is -5.42. The minimum absolute atomic E-state index is 0.00471. The molecule has 3 aliphatic heterocycles. The smallest absolute Gasteiger partial charge is 0.509 e. The summed E-state index contributed by atoms with van der Waals surface area (Å²) in [4.78, 5) is 91.7. The van der Waals surface area contributed by atoms with Crippen molar-refractivity contribution in [3.63, 3.8) is 0 Å². The Morgan fingerprint density at radius 3 is 1.96 bits per heavy atom. The van der Waals surface area contributed by atoms with Crippen molar-refractivity contribution in [1.82, 2.24) is 15.2 Å². The predicted molar refractivity (Wildman–Crippen MR) is 339 cm³/mol. The number of carbonyl (C=O) groups excluding carboxylic acids is 6. The number of nitrogens with one attached hydrogen (secondary N) is 1. The third-order valence-electron chi connectivity index (χ3n) is 17.1. The average Bonchev–Trinajstić information content (AvgIpc) is 1.67. The van der Waals surface area contributed by atoms with Crippen molar-refractivity contribution in [3.05, 3.63) is 45.5 Å². The number of carbonyl (C=O) groups is 6. The number of amides is 2. The van der Waals surface area contributed by atoms with Crippen LogP contribution in [-0.2, 0) is 93.8 Å². The zero-order chi connectivity index (χ0) is 66.2. The fourth-order valence-corrected chi connectivity index (χ4v) is 11.9. The van der Waals surface area contributed by atoms with E-state index in [-0.39, 0.29) is 74.1 Å². The number of rotatable bonds is 48. The number of pyridine rings is 1. The van der Waals surface area contributed by atoms with Gasteiger partial charge in [-0.1, -0.05) is 60.0 Å². The number of nitrogens with zero attached hydrogens (tertiary/aromatic N) is 5. The molecule has 0 radical (unpaired) electrons. The van der Waals surface area contributed by atoms with Crippen LogP contribution in [0.3, 0.4) is 0 Å². The summed E-state index contributed by atoms with van der Waals surface area (Å²) in [5.41, 5.74) is 15.8. The summed E-state index contributed by atoms with van der Waals surface area (Å²) in [6.07, 6.45) is 1.96. The van der Waals surface area contributed by atoms with Gasteiger partial charge in [0.05, 0.1) is 128 Å². The maximum Gasteiger partial charge on any atom is 0.509 e. The van der Waals surface area contributed by atoms with E-state index in [1.807, 2.05) is 30.9 Å². The molecule has 2 fully saturated rings. The van der Waals surface area contributed by atoms with E-state index in [1.54, 1.807) is 6.92 Å². The van der Waals surface area contributed by atoms with Crippen LogP contribution >= 0.6 is 0 Å². The minimum Gasteiger partial charge on any atom is -0.543 e.